The Bertz CT molecular complexity index is 511. The zero-order chi connectivity index (χ0) is 10.3. The van der Waals surface area contributed by atoms with Crippen LogP contribution in [0.3, 0.4) is 0 Å². The van der Waals surface area contributed by atoms with Crippen LogP contribution in [0.5, 0.6) is 0 Å². The van der Waals surface area contributed by atoms with Gasteiger partial charge in [0, 0.05) is 12.6 Å². The molecular formula is C11H12N2O. The van der Waals surface area contributed by atoms with Crippen LogP contribution in [0.1, 0.15) is 23.1 Å². The molecule has 0 atom stereocenters. The number of hydrogen-bond acceptors (Lipinski definition) is 2. The number of para-hydroxylation sites is 1. The Balaban J connectivity index is 2.88. The van der Waals surface area contributed by atoms with Gasteiger partial charge in [-0.1, -0.05) is 6.07 Å². The summed E-state index contributed by atoms with van der Waals surface area (Å²) in [5, 5.41) is 0. The predicted molar refractivity (Wildman–Crippen MR) is 55.5 cm³/mol. The van der Waals surface area contributed by atoms with E-state index in [1.165, 1.54) is 0 Å². The molecule has 3 heteroatoms. The minimum absolute atomic E-state index is 0.0636. The molecule has 0 fully saturated rings. The summed E-state index contributed by atoms with van der Waals surface area (Å²) in [6.07, 6.45) is 0. The van der Waals surface area contributed by atoms with Gasteiger partial charge in [0.2, 0.25) is 0 Å². The van der Waals surface area contributed by atoms with E-state index in [0.29, 0.717) is 5.56 Å². The number of hydrogen-bond donors (Lipinski definition) is 0. The molecule has 2 aromatic rings. The van der Waals surface area contributed by atoms with Crippen molar-refractivity contribution < 1.29 is 4.79 Å². The Morgan fingerprint density at radius 2 is 2.14 bits per heavy atom. The average molecular weight is 188 g/mol. The molecule has 0 aliphatic heterocycles. The van der Waals surface area contributed by atoms with Crippen molar-refractivity contribution in [1.29, 1.82) is 0 Å². The van der Waals surface area contributed by atoms with E-state index in [9.17, 15) is 4.79 Å². The largest absolute Gasteiger partial charge is 0.331 e. The number of Topliss-reactive ketones (excluding diaryl/α,β-unsaturated/α-hetero) is 1. The molecule has 1 heterocycles. The second kappa shape index (κ2) is 2.94. The summed E-state index contributed by atoms with van der Waals surface area (Å²) in [4.78, 5) is 15.7. The highest BCUT2D eigenvalue weighted by Crippen LogP contribution is 2.18. The maximum atomic E-state index is 11.3. The molecule has 0 saturated heterocycles. The number of rotatable bonds is 1. The van der Waals surface area contributed by atoms with Crippen LogP contribution in [0.4, 0.5) is 0 Å². The van der Waals surface area contributed by atoms with Crippen LogP contribution in [-0.4, -0.2) is 15.3 Å². The fourth-order valence-electron chi connectivity index (χ4n) is 1.61. The first-order valence-corrected chi connectivity index (χ1v) is 4.54. The van der Waals surface area contributed by atoms with Crippen molar-refractivity contribution in [2.24, 2.45) is 7.05 Å². The van der Waals surface area contributed by atoms with E-state index in [1.807, 2.05) is 36.7 Å². The first kappa shape index (κ1) is 8.94. The Hall–Kier alpha value is -1.64. The molecule has 0 N–H and O–H groups in total. The second-order valence-corrected chi connectivity index (χ2v) is 3.45. The SMILES string of the molecule is CC(=O)c1cccc2c1nc(C)n2C. The summed E-state index contributed by atoms with van der Waals surface area (Å²) in [5.74, 6) is 0.988. The summed E-state index contributed by atoms with van der Waals surface area (Å²) in [6.45, 7) is 3.50. The third kappa shape index (κ3) is 1.13. The van der Waals surface area contributed by atoms with Crippen LogP contribution in [0, 0.1) is 6.92 Å². The Morgan fingerprint density at radius 1 is 1.43 bits per heavy atom. The van der Waals surface area contributed by atoms with Crippen LogP contribution in [0.2, 0.25) is 0 Å². The Morgan fingerprint density at radius 3 is 2.79 bits per heavy atom. The molecule has 0 amide bonds. The Kier molecular flexibility index (Phi) is 1.88. The molecule has 0 aliphatic carbocycles. The number of fused-ring (bicyclic) bond motifs is 1. The molecular weight excluding hydrogens is 176 g/mol. The fraction of sp³-hybridized carbons (Fsp3) is 0.273. The number of aromatic nitrogens is 2. The molecule has 0 bridgehead atoms. The minimum atomic E-state index is 0.0636. The number of benzene rings is 1. The van der Waals surface area contributed by atoms with Crippen molar-refractivity contribution in [2.75, 3.05) is 0 Å². The number of imidazole rings is 1. The van der Waals surface area contributed by atoms with Crippen molar-refractivity contribution in [1.82, 2.24) is 9.55 Å². The number of carbonyl (C=O) groups excluding carboxylic acids is 1. The van der Waals surface area contributed by atoms with Gasteiger partial charge in [0.25, 0.3) is 0 Å². The van der Waals surface area contributed by atoms with Crippen LogP contribution in [-0.2, 0) is 7.05 Å². The molecule has 0 unspecified atom stereocenters. The topological polar surface area (TPSA) is 34.9 Å². The van der Waals surface area contributed by atoms with Crippen molar-refractivity contribution in [2.45, 2.75) is 13.8 Å². The van der Waals surface area contributed by atoms with Crippen LogP contribution < -0.4 is 0 Å². The summed E-state index contributed by atoms with van der Waals surface area (Å²) in [5.41, 5.74) is 2.52. The Labute approximate surface area is 82.4 Å². The first-order valence-electron chi connectivity index (χ1n) is 4.54. The third-order valence-electron chi connectivity index (χ3n) is 2.51. The van der Waals surface area contributed by atoms with Gasteiger partial charge in [0.1, 0.15) is 5.82 Å². The number of aryl methyl sites for hydroxylation is 2. The molecule has 3 nitrogen and oxygen atoms in total. The van der Waals surface area contributed by atoms with E-state index < -0.39 is 0 Å². The van der Waals surface area contributed by atoms with Crippen LogP contribution >= 0.6 is 0 Å². The molecule has 0 aliphatic rings. The molecule has 1 aromatic heterocycles. The standard InChI is InChI=1S/C11H12N2O/c1-7(14)9-5-4-6-10-11(9)12-8(2)13(10)3/h4-6H,1-3H3. The lowest BCUT2D eigenvalue weighted by Gasteiger charge is -1.98. The van der Waals surface area contributed by atoms with E-state index in [-0.39, 0.29) is 5.78 Å². The molecule has 72 valence electrons. The smallest absolute Gasteiger partial charge is 0.162 e. The highest BCUT2D eigenvalue weighted by atomic mass is 16.1. The lowest BCUT2D eigenvalue weighted by Crippen LogP contribution is -1.93. The van der Waals surface area contributed by atoms with E-state index in [0.717, 1.165) is 16.9 Å². The number of carbonyl (C=O) groups is 1. The zero-order valence-corrected chi connectivity index (χ0v) is 8.53. The molecule has 1 aromatic carbocycles. The van der Waals surface area contributed by atoms with E-state index in [2.05, 4.69) is 4.98 Å². The van der Waals surface area contributed by atoms with Gasteiger partial charge in [-0.15, -0.1) is 0 Å². The molecule has 0 radical (unpaired) electrons. The summed E-state index contributed by atoms with van der Waals surface area (Å²) in [6, 6.07) is 5.68. The lowest BCUT2D eigenvalue weighted by molar-refractivity contribution is 0.101. The number of nitrogens with zero attached hydrogens (tertiary/aromatic N) is 2. The molecule has 0 saturated carbocycles. The maximum Gasteiger partial charge on any atom is 0.162 e. The normalized spacial score (nSPS) is 10.8. The van der Waals surface area contributed by atoms with E-state index in [4.69, 9.17) is 0 Å². The molecule has 0 spiro atoms. The van der Waals surface area contributed by atoms with Crippen LogP contribution in [0.25, 0.3) is 11.0 Å². The van der Waals surface area contributed by atoms with Gasteiger partial charge >= 0.3 is 0 Å². The highest BCUT2D eigenvalue weighted by molar-refractivity contribution is 6.04. The average Bonchev–Trinajstić information content (AvgIpc) is 2.43. The van der Waals surface area contributed by atoms with Gasteiger partial charge < -0.3 is 4.57 Å². The van der Waals surface area contributed by atoms with Crippen molar-refractivity contribution in [3.63, 3.8) is 0 Å². The summed E-state index contributed by atoms with van der Waals surface area (Å²) >= 11 is 0. The first-order chi connectivity index (χ1) is 6.61. The molecule has 14 heavy (non-hydrogen) atoms. The van der Waals surface area contributed by atoms with Gasteiger partial charge in [-0.05, 0) is 26.0 Å². The predicted octanol–water partition coefficient (Wildman–Crippen LogP) is 2.08. The van der Waals surface area contributed by atoms with Gasteiger partial charge in [0.05, 0.1) is 11.0 Å². The monoisotopic (exact) mass is 188 g/mol. The van der Waals surface area contributed by atoms with E-state index in [1.54, 1.807) is 6.92 Å². The zero-order valence-electron chi connectivity index (χ0n) is 8.53. The minimum Gasteiger partial charge on any atom is -0.331 e. The van der Waals surface area contributed by atoms with Crippen molar-refractivity contribution >= 4 is 16.8 Å². The second-order valence-electron chi connectivity index (χ2n) is 3.45. The third-order valence-corrected chi connectivity index (χ3v) is 2.51. The lowest BCUT2D eigenvalue weighted by atomic mass is 10.1. The summed E-state index contributed by atoms with van der Waals surface area (Å²) in [7, 11) is 1.95. The van der Waals surface area contributed by atoms with Gasteiger partial charge in [-0.3, -0.25) is 4.79 Å². The maximum absolute atomic E-state index is 11.3. The summed E-state index contributed by atoms with van der Waals surface area (Å²) < 4.78 is 1.99. The fourth-order valence-corrected chi connectivity index (χ4v) is 1.61. The van der Waals surface area contributed by atoms with Crippen molar-refractivity contribution in [3.05, 3.63) is 29.6 Å². The van der Waals surface area contributed by atoms with E-state index >= 15 is 0 Å². The number of ketones is 1. The van der Waals surface area contributed by atoms with Gasteiger partial charge in [0.15, 0.2) is 5.78 Å². The molecule has 2 rings (SSSR count). The van der Waals surface area contributed by atoms with Gasteiger partial charge in [-0.25, -0.2) is 4.98 Å². The van der Waals surface area contributed by atoms with Crippen molar-refractivity contribution in [3.8, 4) is 0 Å². The highest BCUT2D eigenvalue weighted by Gasteiger charge is 2.10. The van der Waals surface area contributed by atoms with Crippen LogP contribution in [0.15, 0.2) is 18.2 Å². The quantitative estimate of drug-likeness (QED) is 0.642. The van der Waals surface area contributed by atoms with Gasteiger partial charge in [-0.2, -0.15) is 0 Å².